The Balaban J connectivity index is 2.74. The Kier molecular flexibility index (Phi) is 2.82. The van der Waals surface area contributed by atoms with E-state index >= 15 is 0 Å². The van der Waals surface area contributed by atoms with Gasteiger partial charge >= 0.3 is 12.0 Å². The van der Waals surface area contributed by atoms with Gasteiger partial charge in [-0.05, 0) is 12.1 Å². The van der Waals surface area contributed by atoms with E-state index in [-0.39, 0.29) is 16.8 Å². The quantitative estimate of drug-likeness (QED) is 0.453. The van der Waals surface area contributed by atoms with Gasteiger partial charge in [-0.3, -0.25) is 14.6 Å². The molecule has 0 bridgehead atoms. The average molecular weight is 233 g/mol. The standard InChI is InChI=1S/C12H8FNO3/c1-7(15)17-11-9(12(13)16)5-4-8-3-2-6-14-10(8)11/h2-6H,1H3. The summed E-state index contributed by atoms with van der Waals surface area (Å²) < 4.78 is 17.7. The first-order chi connectivity index (χ1) is 8.09. The number of esters is 1. The Morgan fingerprint density at radius 2 is 2.06 bits per heavy atom. The largest absolute Gasteiger partial charge is 0.423 e. The summed E-state index contributed by atoms with van der Waals surface area (Å²) in [5.41, 5.74) is -0.0161. The molecule has 2 aromatic rings. The Bertz CT molecular complexity index is 610. The number of rotatable bonds is 2. The number of ether oxygens (including phenoxy) is 1. The fourth-order valence-corrected chi connectivity index (χ4v) is 1.52. The summed E-state index contributed by atoms with van der Waals surface area (Å²) in [6, 6.07) is 4.57. The van der Waals surface area contributed by atoms with Crippen LogP contribution in [-0.4, -0.2) is 17.0 Å². The smallest absolute Gasteiger partial charge is 0.335 e. The number of halogens is 1. The van der Waals surface area contributed by atoms with Crippen LogP contribution in [0, 0.1) is 0 Å². The number of pyridine rings is 1. The summed E-state index contributed by atoms with van der Waals surface area (Å²) in [5.74, 6) is -0.770. The first kappa shape index (κ1) is 11.2. The Morgan fingerprint density at radius 1 is 1.29 bits per heavy atom. The summed E-state index contributed by atoms with van der Waals surface area (Å²) in [5, 5.41) is 0.661. The minimum absolute atomic E-state index is 0.136. The van der Waals surface area contributed by atoms with E-state index in [1.54, 1.807) is 18.2 Å². The van der Waals surface area contributed by atoms with E-state index in [9.17, 15) is 14.0 Å². The van der Waals surface area contributed by atoms with Gasteiger partial charge in [-0.2, -0.15) is 4.39 Å². The lowest BCUT2D eigenvalue weighted by atomic mass is 10.1. The zero-order valence-corrected chi connectivity index (χ0v) is 8.94. The number of benzene rings is 1. The highest BCUT2D eigenvalue weighted by Crippen LogP contribution is 2.28. The van der Waals surface area contributed by atoms with Gasteiger partial charge in [-0.25, -0.2) is 0 Å². The van der Waals surface area contributed by atoms with Gasteiger partial charge in [0.25, 0.3) is 0 Å². The molecule has 5 heteroatoms. The normalized spacial score (nSPS) is 10.2. The zero-order chi connectivity index (χ0) is 12.4. The third-order valence-electron chi connectivity index (χ3n) is 2.19. The Hall–Kier alpha value is -2.30. The highest BCUT2D eigenvalue weighted by Gasteiger charge is 2.17. The maximum atomic E-state index is 12.8. The fourth-order valence-electron chi connectivity index (χ4n) is 1.52. The minimum atomic E-state index is -1.66. The van der Waals surface area contributed by atoms with Gasteiger partial charge in [0.15, 0.2) is 5.75 Å². The van der Waals surface area contributed by atoms with Crippen LogP contribution in [0.4, 0.5) is 4.39 Å². The molecule has 0 saturated carbocycles. The van der Waals surface area contributed by atoms with Crippen LogP contribution in [0.2, 0.25) is 0 Å². The van der Waals surface area contributed by atoms with Gasteiger partial charge in [0.05, 0.1) is 5.56 Å². The second-order valence-electron chi connectivity index (χ2n) is 3.38. The summed E-state index contributed by atoms with van der Waals surface area (Å²) in [4.78, 5) is 25.7. The summed E-state index contributed by atoms with van der Waals surface area (Å²) in [7, 11) is 0. The van der Waals surface area contributed by atoms with E-state index in [4.69, 9.17) is 4.74 Å². The number of hydrogen-bond donors (Lipinski definition) is 0. The number of hydrogen-bond acceptors (Lipinski definition) is 4. The molecule has 2 rings (SSSR count). The van der Waals surface area contributed by atoms with E-state index in [1.165, 1.54) is 19.2 Å². The molecule has 0 N–H and O–H groups in total. The minimum Gasteiger partial charge on any atom is -0.423 e. The maximum absolute atomic E-state index is 12.8. The molecule has 4 nitrogen and oxygen atoms in total. The molecule has 0 fully saturated rings. The molecule has 0 aliphatic rings. The van der Waals surface area contributed by atoms with Crippen molar-refractivity contribution in [1.29, 1.82) is 0 Å². The van der Waals surface area contributed by atoms with Gasteiger partial charge in [-0.1, -0.05) is 12.1 Å². The molecule has 0 radical (unpaired) electrons. The molecule has 0 atom stereocenters. The molecular formula is C12H8FNO3. The van der Waals surface area contributed by atoms with Crippen molar-refractivity contribution in [3.8, 4) is 5.75 Å². The molecule has 1 aromatic carbocycles. The molecule has 86 valence electrons. The highest BCUT2D eigenvalue weighted by molar-refractivity contribution is 6.00. The molecule has 0 saturated heterocycles. The number of carbonyl (C=O) groups is 2. The van der Waals surface area contributed by atoms with Crippen molar-refractivity contribution in [2.24, 2.45) is 0 Å². The van der Waals surface area contributed by atoms with Crippen LogP contribution in [-0.2, 0) is 4.79 Å². The van der Waals surface area contributed by atoms with Crippen LogP contribution in [0.5, 0.6) is 5.75 Å². The van der Waals surface area contributed by atoms with Gasteiger partial charge in [0.2, 0.25) is 0 Å². The third-order valence-corrected chi connectivity index (χ3v) is 2.19. The fraction of sp³-hybridized carbons (Fsp3) is 0.0833. The van der Waals surface area contributed by atoms with Crippen molar-refractivity contribution in [3.63, 3.8) is 0 Å². The van der Waals surface area contributed by atoms with E-state index in [1.807, 2.05) is 0 Å². The Labute approximate surface area is 96.0 Å². The van der Waals surface area contributed by atoms with E-state index < -0.39 is 12.0 Å². The van der Waals surface area contributed by atoms with E-state index in [2.05, 4.69) is 4.98 Å². The van der Waals surface area contributed by atoms with Crippen molar-refractivity contribution in [3.05, 3.63) is 36.0 Å². The lowest BCUT2D eigenvalue weighted by Gasteiger charge is -2.07. The molecule has 0 spiro atoms. The van der Waals surface area contributed by atoms with Crippen molar-refractivity contribution in [1.82, 2.24) is 4.98 Å². The van der Waals surface area contributed by atoms with Crippen LogP contribution in [0.25, 0.3) is 10.9 Å². The van der Waals surface area contributed by atoms with Gasteiger partial charge in [0.1, 0.15) is 5.52 Å². The zero-order valence-electron chi connectivity index (χ0n) is 8.94. The predicted molar refractivity (Wildman–Crippen MR) is 58.5 cm³/mol. The van der Waals surface area contributed by atoms with Crippen molar-refractivity contribution >= 4 is 22.9 Å². The first-order valence-corrected chi connectivity index (χ1v) is 4.85. The van der Waals surface area contributed by atoms with E-state index in [0.29, 0.717) is 5.39 Å². The summed E-state index contributed by atoms with van der Waals surface area (Å²) in [6.07, 6.45) is 1.47. The van der Waals surface area contributed by atoms with E-state index in [0.717, 1.165) is 0 Å². The maximum Gasteiger partial charge on any atom is 0.335 e. The molecule has 0 unspecified atom stereocenters. The molecule has 1 heterocycles. The summed E-state index contributed by atoms with van der Waals surface area (Å²) in [6.45, 7) is 1.17. The highest BCUT2D eigenvalue weighted by atomic mass is 19.1. The summed E-state index contributed by atoms with van der Waals surface area (Å²) >= 11 is 0. The van der Waals surface area contributed by atoms with Crippen molar-refractivity contribution in [2.75, 3.05) is 0 Å². The Morgan fingerprint density at radius 3 is 2.71 bits per heavy atom. The molecule has 1 aromatic heterocycles. The monoisotopic (exact) mass is 233 g/mol. The molecule has 0 amide bonds. The lowest BCUT2D eigenvalue weighted by molar-refractivity contribution is -0.131. The second kappa shape index (κ2) is 4.29. The molecular weight excluding hydrogens is 225 g/mol. The molecule has 0 aliphatic heterocycles. The third kappa shape index (κ3) is 2.13. The van der Waals surface area contributed by atoms with Crippen LogP contribution in [0.1, 0.15) is 17.3 Å². The van der Waals surface area contributed by atoms with Gasteiger partial charge in [0, 0.05) is 18.5 Å². The van der Waals surface area contributed by atoms with Crippen molar-refractivity contribution < 1.29 is 18.7 Å². The van der Waals surface area contributed by atoms with Gasteiger partial charge < -0.3 is 4.74 Å². The lowest BCUT2D eigenvalue weighted by Crippen LogP contribution is -2.06. The van der Waals surface area contributed by atoms with Crippen LogP contribution < -0.4 is 4.74 Å². The number of nitrogens with zero attached hydrogens (tertiary/aromatic N) is 1. The molecule has 0 aliphatic carbocycles. The number of carbonyl (C=O) groups excluding carboxylic acids is 2. The first-order valence-electron chi connectivity index (χ1n) is 4.85. The topological polar surface area (TPSA) is 56.3 Å². The molecule has 17 heavy (non-hydrogen) atoms. The number of aromatic nitrogens is 1. The van der Waals surface area contributed by atoms with Crippen LogP contribution in [0.15, 0.2) is 30.5 Å². The van der Waals surface area contributed by atoms with Crippen LogP contribution >= 0.6 is 0 Å². The van der Waals surface area contributed by atoms with Crippen molar-refractivity contribution in [2.45, 2.75) is 6.92 Å². The SMILES string of the molecule is CC(=O)Oc1c(C(=O)F)ccc2cccnc12. The predicted octanol–water partition coefficient (Wildman–Crippen LogP) is 2.27. The van der Waals surface area contributed by atoms with Crippen LogP contribution in [0.3, 0.4) is 0 Å². The second-order valence-corrected chi connectivity index (χ2v) is 3.38. The van der Waals surface area contributed by atoms with Gasteiger partial charge in [-0.15, -0.1) is 0 Å². The average Bonchev–Trinajstić information content (AvgIpc) is 2.28. The number of fused-ring (bicyclic) bond motifs is 1.